The minimum Gasteiger partial charge on any atom is -0.289 e. The molecule has 0 aliphatic carbocycles. The molecule has 0 amide bonds. The molecule has 0 bridgehead atoms. The maximum Gasteiger partial charge on any atom is 0.194 e. The molecule has 4 heteroatoms. The highest BCUT2D eigenvalue weighted by molar-refractivity contribution is 9.10. The Morgan fingerprint density at radius 2 is 1.09 bits per heavy atom. The van der Waals surface area contributed by atoms with Crippen molar-refractivity contribution in [3.05, 3.63) is 103 Å². The van der Waals surface area contributed by atoms with Crippen LogP contribution in [0.25, 0.3) is 75.4 Å². The van der Waals surface area contributed by atoms with E-state index in [1.54, 1.807) is 0 Å². The molecule has 8 aromatic rings. The average molecular weight is 520 g/mol. The van der Waals surface area contributed by atoms with E-state index in [2.05, 4.69) is 28.1 Å². The summed E-state index contributed by atoms with van der Waals surface area (Å²) in [6, 6.07) is 23.6. The summed E-state index contributed by atoms with van der Waals surface area (Å²) in [4.78, 5) is 27.0. The molecule has 0 saturated heterocycles. The van der Waals surface area contributed by atoms with Crippen LogP contribution in [0.15, 0.2) is 86.9 Å². The van der Waals surface area contributed by atoms with E-state index in [4.69, 9.17) is 11.6 Å². The Labute approximate surface area is 205 Å². The van der Waals surface area contributed by atoms with Crippen molar-refractivity contribution in [3.8, 4) is 0 Å². The van der Waals surface area contributed by atoms with Crippen LogP contribution in [-0.2, 0) is 0 Å². The Morgan fingerprint density at radius 3 is 1.82 bits per heavy atom. The molecular formula is C30H12BrClO2. The standard InChI is InChI=1S/C30H12BrClO2/c31-15-6-9-16-20(12-15)21-10-13-4-8-19-28-22(26-17(30(19)34)2-1-3-23(26)32)11-14-5-7-18(29(16)33)27(21)24(14)25(13)28/h1-12H. The van der Waals surface area contributed by atoms with Crippen LogP contribution in [0.2, 0.25) is 5.02 Å². The fraction of sp³-hybridized carbons (Fsp3) is 0. The van der Waals surface area contributed by atoms with Crippen molar-refractivity contribution in [2.75, 3.05) is 0 Å². The molecule has 0 aromatic heterocycles. The number of hydrogen-bond acceptors (Lipinski definition) is 2. The van der Waals surface area contributed by atoms with E-state index < -0.39 is 0 Å². The van der Waals surface area contributed by atoms with E-state index in [9.17, 15) is 9.59 Å². The Bertz CT molecular complexity index is 2290. The largest absolute Gasteiger partial charge is 0.289 e. The molecule has 0 fully saturated rings. The van der Waals surface area contributed by atoms with Crippen molar-refractivity contribution in [2.24, 2.45) is 0 Å². The highest BCUT2D eigenvalue weighted by atomic mass is 79.9. The van der Waals surface area contributed by atoms with Crippen LogP contribution in [-0.4, -0.2) is 0 Å². The molecule has 0 aliphatic rings. The van der Waals surface area contributed by atoms with Crippen LogP contribution >= 0.6 is 27.5 Å². The van der Waals surface area contributed by atoms with E-state index in [1.807, 2.05) is 60.7 Å². The number of rotatable bonds is 0. The Morgan fingerprint density at radius 1 is 0.500 bits per heavy atom. The van der Waals surface area contributed by atoms with Gasteiger partial charge in [0.25, 0.3) is 0 Å². The van der Waals surface area contributed by atoms with Crippen molar-refractivity contribution in [1.29, 1.82) is 0 Å². The summed E-state index contributed by atoms with van der Waals surface area (Å²) < 4.78 is 0.934. The highest BCUT2D eigenvalue weighted by Crippen LogP contribution is 2.46. The molecule has 158 valence electrons. The van der Waals surface area contributed by atoms with Crippen LogP contribution in [0, 0.1) is 0 Å². The average Bonchev–Trinajstić information content (AvgIpc) is 2.84. The molecule has 0 N–H and O–H groups in total. The first-order valence-electron chi connectivity index (χ1n) is 11.0. The molecular weight excluding hydrogens is 508 g/mol. The third kappa shape index (κ3) is 2.09. The zero-order valence-corrected chi connectivity index (χ0v) is 19.8. The Hall–Kier alpha value is -3.53. The van der Waals surface area contributed by atoms with Gasteiger partial charge in [0.05, 0.1) is 0 Å². The van der Waals surface area contributed by atoms with Crippen LogP contribution in [0.4, 0.5) is 0 Å². The second-order valence-electron chi connectivity index (χ2n) is 9.03. The van der Waals surface area contributed by atoms with Gasteiger partial charge in [-0.15, -0.1) is 0 Å². The van der Waals surface area contributed by atoms with Gasteiger partial charge in [0, 0.05) is 47.2 Å². The SMILES string of the molecule is O=c1c2ccc(Br)cc2c2cc3ccc4c(=O)c5cccc(Cl)c5c5cc6ccc1c2c6c3c45. The van der Waals surface area contributed by atoms with Gasteiger partial charge < -0.3 is 0 Å². The molecule has 2 nitrogen and oxygen atoms in total. The van der Waals surface area contributed by atoms with Gasteiger partial charge in [0.15, 0.2) is 10.9 Å². The van der Waals surface area contributed by atoms with Crippen molar-refractivity contribution in [3.63, 3.8) is 0 Å². The zero-order valence-electron chi connectivity index (χ0n) is 17.5. The topological polar surface area (TPSA) is 34.1 Å². The predicted octanol–water partition coefficient (Wildman–Crippen LogP) is 8.21. The molecule has 0 saturated carbocycles. The predicted molar refractivity (Wildman–Crippen MR) is 148 cm³/mol. The molecule has 0 heterocycles. The fourth-order valence-corrected chi connectivity index (χ4v) is 6.67. The number of hydrogen-bond donors (Lipinski definition) is 0. The summed E-state index contributed by atoms with van der Waals surface area (Å²) in [7, 11) is 0. The zero-order chi connectivity index (χ0) is 22.9. The normalized spacial score (nSPS) is 12.6. The molecule has 0 radical (unpaired) electrons. The van der Waals surface area contributed by atoms with Crippen LogP contribution in [0.3, 0.4) is 0 Å². The van der Waals surface area contributed by atoms with Gasteiger partial charge in [0.2, 0.25) is 0 Å². The minimum atomic E-state index is -0.0131. The summed E-state index contributed by atoms with van der Waals surface area (Å²) in [5.41, 5.74) is 0.0192. The minimum absolute atomic E-state index is 0.0131. The number of fused-ring (bicyclic) bond motifs is 4. The molecule has 0 aliphatic heterocycles. The van der Waals surface area contributed by atoms with Crippen LogP contribution < -0.4 is 10.9 Å². The molecule has 34 heavy (non-hydrogen) atoms. The van der Waals surface area contributed by atoms with Gasteiger partial charge in [0.1, 0.15) is 0 Å². The molecule has 8 rings (SSSR count). The van der Waals surface area contributed by atoms with E-state index in [0.29, 0.717) is 26.6 Å². The summed E-state index contributed by atoms with van der Waals surface area (Å²) in [5.74, 6) is 0. The lowest BCUT2D eigenvalue weighted by Gasteiger charge is -2.19. The Kier molecular flexibility index (Phi) is 3.39. The first-order chi connectivity index (χ1) is 16.5. The second-order valence-corrected chi connectivity index (χ2v) is 10.4. The third-order valence-corrected chi connectivity index (χ3v) is 8.20. The lowest BCUT2D eigenvalue weighted by molar-refractivity contribution is 1.70. The molecule has 0 spiro atoms. The highest BCUT2D eigenvalue weighted by Gasteiger charge is 2.22. The summed E-state index contributed by atoms with van der Waals surface area (Å²) in [6.07, 6.45) is 0. The Balaban J connectivity index is 1.79. The van der Waals surface area contributed by atoms with Crippen molar-refractivity contribution in [2.45, 2.75) is 0 Å². The monoisotopic (exact) mass is 518 g/mol. The maximum absolute atomic E-state index is 13.5. The smallest absolute Gasteiger partial charge is 0.194 e. The summed E-state index contributed by atoms with van der Waals surface area (Å²) in [6.45, 7) is 0. The van der Waals surface area contributed by atoms with Crippen LogP contribution in [0.5, 0.6) is 0 Å². The molecule has 0 unspecified atom stereocenters. The number of halogens is 2. The van der Waals surface area contributed by atoms with Crippen molar-refractivity contribution < 1.29 is 0 Å². The molecule has 0 atom stereocenters. The molecule has 8 aromatic carbocycles. The lowest BCUT2D eigenvalue weighted by Crippen LogP contribution is -2.06. The summed E-state index contributed by atoms with van der Waals surface area (Å²) in [5, 5.41) is 13.1. The van der Waals surface area contributed by atoms with E-state index >= 15 is 0 Å². The van der Waals surface area contributed by atoms with Gasteiger partial charge >= 0.3 is 0 Å². The van der Waals surface area contributed by atoms with Gasteiger partial charge in [-0.3, -0.25) is 9.59 Å². The first kappa shape index (κ1) is 18.8. The van der Waals surface area contributed by atoms with Crippen molar-refractivity contribution >= 4 is 103 Å². The van der Waals surface area contributed by atoms with Gasteiger partial charge in [-0.25, -0.2) is 0 Å². The van der Waals surface area contributed by atoms with Crippen LogP contribution in [0.1, 0.15) is 0 Å². The first-order valence-corrected chi connectivity index (χ1v) is 12.2. The van der Waals surface area contributed by atoms with E-state index in [1.165, 1.54) is 0 Å². The van der Waals surface area contributed by atoms with Gasteiger partial charge in [-0.1, -0.05) is 51.8 Å². The van der Waals surface area contributed by atoms with Gasteiger partial charge in [-0.2, -0.15) is 0 Å². The summed E-state index contributed by atoms with van der Waals surface area (Å²) >= 11 is 10.2. The number of benzene rings is 8. The lowest BCUT2D eigenvalue weighted by atomic mass is 9.84. The van der Waals surface area contributed by atoms with E-state index in [-0.39, 0.29) is 10.9 Å². The maximum atomic E-state index is 13.5. The fourth-order valence-electron chi connectivity index (χ4n) is 6.03. The van der Waals surface area contributed by atoms with Crippen molar-refractivity contribution in [1.82, 2.24) is 0 Å². The van der Waals surface area contributed by atoms with E-state index in [0.717, 1.165) is 58.3 Å². The third-order valence-electron chi connectivity index (χ3n) is 7.40. The second kappa shape index (κ2) is 6.12. The van der Waals surface area contributed by atoms with Gasteiger partial charge in [-0.05, 0) is 86.2 Å². The quantitative estimate of drug-likeness (QED) is 0.149.